The van der Waals surface area contributed by atoms with E-state index in [0.717, 1.165) is 11.1 Å². The standard InChI is InChI=1S/C21H29N5O3/c1-14-11-26(12-15(2)29-14)21(28)17-7-5-16(6-8-17)9-23-20(27)19(22-3)18-10-24-25(4)13-18/h5-8,10,13-15,19,22H,9,11-12H2,1-4H3,(H,23,27). The predicted molar refractivity (Wildman–Crippen MR) is 109 cm³/mol. The van der Waals surface area contributed by atoms with Gasteiger partial charge in [0.25, 0.3) is 5.91 Å². The summed E-state index contributed by atoms with van der Waals surface area (Å²) in [5.74, 6) is -0.119. The van der Waals surface area contributed by atoms with Crippen molar-refractivity contribution in [2.75, 3.05) is 20.1 Å². The maximum atomic E-state index is 12.7. The van der Waals surface area contributed by atoms with Crippen LogP contribution < -0.4 is 10.6 Å². The number of likely N-dealkylation sites (N-methyl/N-ethyl adjacent to an activating group) is 1. The van der Waals surface area contributed by atoms with Crippen molar-refractivity contribution in [3.05, 3.63) is 53.3 Å². The number of aromatic nitrogens is 2. The van der Waals surface area contributed by atoms with E-state index in [1.54, 1.807) is 17.9 Å². The molecule has 1 aromatic carbocycles. The predicted octanol–water partition coefficient (Wildman–Crippen LogP) is 1.25. The quantitative estimate of drug-likeness (QED) is 0.763. The minimum atomic E-state index is -0.463. The SMILES string of the molecule is CNC(C(=O)NCc1ccc(C(=O)N2CC(C)OC(C)C2)cc1)c1cnn(C)c1. The highest BCUT2D eigenvalue weighted by Crippen LogP contribution is 2.15. The van der Waals surface area contributed by atoms with Gasteiger partial charge in [0, 0.05) is 44.0 Å². The summed E-state index contributed by atoms with van der Waals surface area (Å²) < 4.78 is 7.36. The van der Waals surface area contributed by atoms with E-state index in [9.17, 15) is 9.59 Å². The molecule has 1 fully saturated rings. The first-order valence-electron chi connectivity index (χ1n) is 9.84. The highest BCUT2D eigenvalue weighted by atomic mass is 16.5. The molecule has 3 unspecified atom stereocenters. The number of nitrogens with zero attached hydrogens (tertiary/aromatic N) is 3. The van der Waals surface area contributed by atoms with E-state index in [4.69, 9.17) is 4.74 Å². The fourth-order valence-electron chi connectivity index (χ4n) is 3.62. The van der Waals surface area contributed by atoms with Crippen LogP contribution >= 0.6 is 0 Å². The number of carbonyl (C=O) groups excluding carboxylic acids is 2. The maximum absolute atomic E-state index is 12.7. The summed E-state index contributed by atoms with van der Waals surface area (Å²) in [5.41, 5.74) is 2.38. The van der Waals surface area contributed by atoms with E-state index in [1.165, 1.54) is 0 Å². The van der Waals surface area contributed by atoms with Gasteiger partial charge in [-0.25, -0.2) is 0 Å². The molecule has 0 bridgehead atoms. The number of hydrogen-bond donors (Lipinski definition) is 2. The van der Waals surface area contributed by atoms with Crippen LogP contribution in [0, 0.1) is 0 Å². The van der Waals surface area contributed by atoms with Gasteiger partial charge in [0.2, 0.25) is 5.91 Å². The van der Waals surface area contributed by atoms with Gasteiger partial charge in [-0.3, -0.25) is 14.3 Å². The second-order valence-electron chi connectivity index (χ2n) is 7.55. The first-order valence-corrected chi connectivity index (χ1v) is 9.84. The van der Waals surface area contributed by atoms with Crippen LogP contribution in [0.1, 0.15) is 41.4 Å². The Morgan fingerprint density at radius 1 is 1.21 bits per heavy atom. The summed E-state index contributed by atoms with van der Waals surface area (Å²) in [6.45, 7) is 5.54. The number of ether oxygens (including phenoxy) is 1. The Labute approximate surface area is 171 Å². The number of rotatable bonds is 6. The van der Waals surface area contributed by atoms with Gasteiger partial charge in [-0.05, 0) is 38.6 Å². The number of aryl methyl sites for hydroxylation is 1. The molecule has 29 heavy (non-hydrogen) atoms. The molecule has 2 N–H and O–H groups in total. The van der Waals surface area contributed by atoms with Crippen molar-refractivity contribution >= 4 is 11.8 Å². The molecule has 8 heteroatoms. The van der Waals surface area contributed by atoms with Crippen LogP contribution in [0.25, 0.3) is 0 Å². The fourth-order valence-corrected chi connectivity index (χ4v) is 3.62. The second kappa shape index (κ2) is 9.19. The van der Waals surface area contributed by atoms with Gasteiger partial charge in [0.1, 0.15) is 6.04 Å². The summed E-state index contributed by atoms with van der Waals surface area (Å²) in [5, 5.41) is 10.1. The summed E-state index contributed by atoms with van der Waals surface area (Å²) in [4.78, 5) is 27.1. The Morgan fingerprint density at radius 2 is 1.86 bits per heavy atom. The molecule has 8 nitrogen and oxygen atoms in total. The van der Waals surface area contributed by atoms with Crippen molar-refractivity contribution in [2.45, 2.75) is 38.6 Å². The average molecular weight is 399 g/mol. The van der Waals surface area contributed by atoms with E-state index >= 15 is 0 Å². The lowest BCUT2D eigenvalue weighted by Crippen LogP contribution is -2.48. The Bertz CT molecular complexity index is 838. The summed E-state index contributed by atoms with van der Waals surface area (Å²) >= 11 is 0. The Balaban J connectivity index is 1.57. The van der Waals surface area contributed by atoms with E-state index in [1.807, 2.05) is 56.3 Å². The van der Waals surface area contributed by atoms with Crippen LogP contribution in [0.5, 0.6) is 0 Å². The van der Waals surface area contributed by atoms with Gasteiger partial charge in [0.15, 0.2) is 0 Å². The molecule has 0 radical (unpaired) electrons. The maximum Gasteiger partial charge on any atom is 0.254 e. The van der Waals surface area contributed by atoms with Crippen molar-refractivity contribution < 1.29 is 14.3 Å². The Kier molecular flexibility index (Phi) is 6.66. The average Bonchev–Trinajstić information content (AvgIpc) is 3.12. The molecule has 3 rings (SSSR count). The lowest BCUT2D eigenvalue weighted by atomic mass is 10.1. The minimum Gasteiger partial charge on any atom is -0.372 e. The summed E-state index contributed by atoms with van der Waals surface area (Å²) in [7, 11) is 3.56. The van der Waals surface area contributed by atoms with E-state index in [2.05, 4.69) is 15.7 Å². The van der Waals surface area contributed by atoms with Gasteiger partial charge in [-0.1, -0.05) is 12.1 Å². The van der Waals surface area contributed by atoms with Crippen molar-refractivity contribution in [3.63, 3.8) is 0 Å². The highest BCUT2D eigenvalue weighted by Gasteiger charge is 2.26. The van der Waals surface area contributed by atoms with Crippen LogP contribution in [0.15, 0.2) is 36.7 Å². The third-order valence-electron chi connectivity index (χ3n) is 4.98. The zero-order valence-electron chi connectivity index (χ0n) is 17.4. The molecule has 1 aliphatic rings. The Hall–Kier alpha value is -2.71. The topological polar surface area (TPSA) is 88.5 Å². The molecule has 3 atom stereocenters. The van der Waals surface area contributed by atoms with Gasteiger partial charge >= 0.3 is 0 Å². The normalized spacial score (nSPS) is 20.3. The third-order valence-corrected chi connectivity index (χ3v) is 4.98. The molecule has 0 aliphatic carbocycles. The Morgan fingerprint density at radius 3 is 2.41 bits per heavy atom. The lowest BCUT2D eigenvalue weighted by molar-refractivity contribution is -0.123. The van der Waals surface area contributed by atoms with E-state index in [-0.39, 0.29) is 24.0 Å². The van der Waals surface area contributed by atoms with Gasteiger partial charge < -0.3 is 20.3 Å². The van der Waals surface area contributed by atoms with Crippen LogP contribution in [0.2, 0.25) is 0 Å². The summed E-state index contributed by atoms with van der Waals surface area (Å²) in [6, 6.07) is 6.91. The number of nitrogens with one attached hydrogen (secondary N) is 2. The summed E-state index contributed by atoms with van der Waals surface area (Å²) in [6.07, 6.45) is 3.57. The van der Waals surface area contributed by atoms with Gasteiger partial charge in [0.05, 0.1) is 18.4 Å². The number of hydrogen-bond acceptors (Lipinski definition) is 5. The van der Waals surface area contributed by atoms with Crippen molar-refractivity contribution in [1.29, 1.82) is 0 Å². The smallest absolute Gasteiger partial charge is 0.254 e. The molecule has 1 aromatic heterocycles. The second-order valence-corrected chi connectivity index (χ2v) is 7.55. The van der Waals surface area contributed by atoms with Crippen molar-refractivity contribution in [3.8, 4) is 0 Å². The zero-order chi connectivity index (χ0) is 21.0. The molecule has 2 heterocycles. The van der Waals surface area contributed by atoms with Crippen LogP contribution in [0.4, 0.5) is 0 Å². The van der Waals surface area contributed by atoms with Crippen molar-refractivity contribution in [1.82, 2.24) is 25.3 Å². The van der Waals surface area contributed by atoms with Crippen LogP contribution in [0.3, 0.4) is 0 Å². The van der Waals surface area contributed by atoms with Gasteiger partial charge in [-0.2, -0.15) is 5.10 Å². The monoisotopic (exact) mass is 399 g/mol. The first-order chi connectivity index (χ1) is 13.9. The third kappa shape index (κ3) is 5.21. The molecule has 2 amide bonds. The van der Waals surface area contributed by atoms with E-state index < -0.39 is 6.04 Å². The number of amides is 2. The van der Waals surface area contributed by atoms with Crippen LogP contribution in [-0.4, -0.2) is 58.8 Å². The lowest BCUT2D eigenvalue weighted by Gasteiger charge is -2.35. The zero-order valence-corrected chi connectivity index (χ0v) is 17.4. The van der Waals surface area contributed by atoms with Crippen molar-refractivity contribution in [2.24, 2.45) is 7.05 Å². The molecule has 1 aliphatic heterocycles. The van der Waals surface area contributed by atoms with Gasteiger partial charge in [-0.15, -0.1) is 0 Å². The fraction of sp³-hybridized carbons (Fsp3) is 0.476. The molecule has 1 saturated heterocycles. The molecular formula is C21H29N5O3. The number of morpholine rings is 1. The number of benzene rings is 1. The van der Waals surface area contributed by atoms with E-state index in [0.29, 0.717) is 25.2 Å². The highest BCUT2D eigenvalue weighted by molar-refractivity contribution is 5.94. The first kappa shape index (κ1) is 21.0. The minimum absolute atomic E-state index is 0.00871. The molecule has 156 valence electrons. The molecule has 2 aromatic rings. The molecule has 0 spiro atoms. The molecule has 0 saturated carbocycles. The number of carbonyl (C=O) groups is 2. The van der Waals surface area contributed by atoms with Crippen LogP contribution in [-0.2, 0) is 23.1 Å². The molecular weight excluding hydrogens is 370 g/mol. The largest absolute Gasteiger partial charge is 0.372 e.